The van der Waals surface area contributed by atoms with Gasteiger partial charge in [0.1, 0.15) is 0 Å². The summed E-state index contributed by atoms with van der Waals surface area (Å²) < 4.78 is 0. The molecule has 24 heavy (non-hydrogen) atoms. The number of allylic oxidation sites excluding steroid dienone is 4. The number of rotatable bonds is 0. The third-order valence-electron chi connectivity index (χ3n) is 6.10. The zero-order valence-electron chi connectivity index (χ0n) is 17.5. The van der Waals surface area contributed by atoms with E-state index in [-0.39, 0.29) is 0 Å². The second-order valence-corrected chi connectivity index (χ2v) is 9.23. The van der Waals surface area contributed by atoms with Crippen LogP contribution in [0.3, 0.4) is 0 Å². The van der Waals surface area contributed by atoms with Crippen molar-refractivity contribution in [2.45, 2.75) is 106 Å². The fourth-order valence-electron chi connectivity index (χ4n) is 3.62. The minimum atomic E-state index is 0.943. The topological polar surface area (TPSA) is 0 Å². The highest BCUT2D eigenvalue weighted by atomic mass is 14.2. The molecule has 0 radical (unpaired) electrons. The van der Waals surface area contributed by atoms with Gasteiger partial charge in [-0.3, -0.25) is 0 Å². The quantitative estimate of drug-likeness (QED) is 0.391. The van der Waals surface area contributed by atoms with Crippen LogP contribution in [0.4, 0.5) is 0 Å². The summed E-state index contributed by atoms with van der Waals surface area (Å²) in [6.45, 7) is 13.8. The van der Waals surface area contributed by atoms with E-state index in [0.717, 1.165) is 23.7 Å². The molecule has 0 heterocycles. The van der Waals surface area contributed by atoms with Gasteiger partial charge in [0.25, 0.3) is 0 Å². The Balaban J connectivity index is 0.000000180. The first-order valence-corrected chi connectivity index (χ1v) is 10.7. The maximum absolute atomic E-state index is 2.37. The van der Waals surface area contributed by atoms with Crippen LogP contribution in [0.2, 0.25) is 0 Å². The maximum Gasteiger partial charge on any atom is -0.0320 e. The minimum Gasteiger partial charge on any atom is -0.0853 e. The zero-order valence-corrected chi connectivity index (χ0v) is 17.5. The molecule has 0 N–H and O–H groups in total. The van der Waals surface area contributed by atoms with Crippen LogP contribution in [0, 0.1) is 23.7 Å². The van der Waals surface area contributed by atoms with Gasteiger partial charge in [-0.1, -0.05) is 76.7 Å². The van der Waals surface area contributed by atoms with Gasteiger partial charge in [-0.2, -0.15) is 0 Å². The predicted molar refractivity (Wildman–Crippen MR) is 110 cm³/mol. The van der Waals surface area contributed by atoms with Crippen LogP contribution in [0.1, 0.15) is 106 Å². The first kappa shape index (κ1) is 21.5. The third-order valence-corrected chi connectivity index (χ3v) is 6.10. The molecule has 2 atom stereocenters. The van der Waals surface area contributed by atoms with E-state index in [4.69, 9.17) is 0 Å². The lowest BCUT2D eigenvalue weighted by atomic mass is 9.84. The molecule has 3 aliphatic rings. The molecular formula is C24H44. The molecule has 1 saturated carbocycles. The summed E-state index contributed by atoms with van der Waals surface area (Å²) in [5, 5.41) is 0. The second-order valence-electron chi connectivity index (χ2n) is 9.23. The maximum atomic E-state index is 2.37. The van der Waals surface area contributed by atoms with Crippen molar-refractivity contribution in [2.24, 2.45) is 23.7 Å². The molecule has 0 aliphatic heterocycles. The predicted octanol–water partition coefficient (Wildman–Crippen LogP) is 8.34. The summed E-state index contributed by atoms with van der Waals surface area (Å²) in [7, 11) is 0. The normalized spacial score (nSPS) is 33.1. The van der Waals surface area contributed by atoms with Gasteiger partial charge in [-0.15, -0.1) is 0 Å². The van der Waals surface area contributed by atoms with Crippen molar-refractivity contribution >= 4 is 0 Å². The highest BCUT2D eigenvalue weighted by molar-refractivity contribution is 5.02. The van der Waals surface area contributed by atoms with Crippen LogP contribution in [-0.2, 0) is 0 Å². The van der Waals surface area contributed by atoms with E-state index < -0.39 is 0 Å². The summed E-state index contributed by atoms with van der Waals surface area (Å²) in [6.07, 6.45) is 18.7. The Kier molecular flexibility index (Phi) is 10.7. The SMILES string of the molecule is CC1=CCC(C)CC1.CC1=CCC(C)CC1.CC1CCC(C)CC1. The molecule has 0 aromatic carbocycles. The average molecular weight is 333 g/mol. The van der Waals surface area contributed by atoms with Crippen molar-refractivity contribution in [3.05, 3.63) is 23.3 Å². The van der Waals surface area contributed by atoms with Gasteiger partial charge in [0.05, 0.1) is 0 Å². The first-order chi connectivity index (χ1) is 11.4. The molecule has 1 fully saturated rings. The lowest BCUT2D eigenvalue weighted by Gasteiger charge is -2.22. The van der Waals surface area contributed by atoms with Crippen LogP contribution in [0.5, 0.6) is 0 Å². The molecule has 0 heteroatoms. The zero-order chi connectivity index (χ0) is 17.9. The van der Waals surface area contributed by atoms with Crippen molar-refractivity contribution in [3.63, 3.8) is 0 Å². The van der Waals surface area contributed by atoms with Gasteiger partial charge < -0.3 is 0 Å². The van der Waals surface area contributed by atoms with E-state index in [1.54, 1.807) is 11.1 Å². The summed E-state index contributed by atoms with van der Waals surface area (Å²) in [4.78, 5) is 0. The van der Waals surface area contributed by atoms with Crippen LogP contribution >= 0.6 is 0 Å². The van der Waals surface area contributed by atoms with Crippen molar-refractivity contribution in [1.29, 1.82) is 0 Å². The summed E-state index contributed by atoms with van der Waals surface area (Å²) in [5.41, 5.74) is 3.17. The molecule has 0 nitrogen and oxygen atoms in total. The minimum absolute atomic E-state index is 0.943. The smallest absolute Gasteiger partial charge is 0.0320 e. The molecule has 2 unspecified atom stereocenters. The van der Waals surface area contributed by atoms with Crippen LogP contribution in [-0.4, -0.2) is 0 Å². The summed E-state index contributed by atoms with van der Waals surface area (Å²) in [5.74, 6) is 3.93. The molecule has 0 amide bonds. The van der Waals surface area contributed by atoms with E-state index in [1.165, 1.54) is 64.2 Å². The highest BCUT2D eigenvalue weighted by Gasteiger charge is 2.13. The summed E-state index contributed by atoms with van der Waals surface area (Å²) in [6, 6.07) is 0. The Bertz CT molecular complexity index is 341. The fourth-order valence-corrected chi connectivity index (χ4v) is 3.62. The lowest BCUT2D eigenvalue weighted by molar-refractivity contribution is 0.308. The Labute approximate surface area is 153 Å². The van der Waals surface area contributed by atoms with Crippen LogP contribution < -0.4 is 0 Å². The second kappa shape index (κ2) is 11.9. The van der Waals surface area contributed by atoms with Gasteiger partial charge in [0.15, 0.2) is 0 Å². The third kappa shape index (κ3) is 10.4. The highest BCUT2D eigenvalue weighted by Crippen LogP contribution is 2.27. The molecule has 0 saturated heterocycles. The van der Waals surface area contributed by atoms with Crippen molar-refractivity contribution in [2.75, 3.05) is 0 Å². The van der Waals surface area contributed by atoms with E-state index in [0.29, 0.717) is 0 Å². The van der Waals surface area contributed by atoms with Gasteiger partial charge in [-0.25, -0.2) is 0 Å². The van der Waals surface area contributed by atoms with Crippen LogP contribution in [0.25, 0.3) is 0 Å². The number of hydrogen-bond acceptors (Lipinski definition) is 0. The monoisotopic (exact) mass is 332 g/mol. The Morgan fingerprint density at radius 3 is 1.08 bits per heavy atom. The summed E-state index contributed by atoms with van der Waals surface area (Å²) >= 11 is 0. The molecule has 3 aliphatic carbocycles. The first-order valence-electron chi connectivity index (χ1n) is 10.7. The molecule has 0 spiro atoms. The van der Waals surface area contributed by atoms with Gasteiger partial charge in [0.2, 0.25) is 0 Å². The van der Waals surface area contributed by atoms with Crippen LogP contribution in [0.15, 0.2) is 23.3 Å². The molecular weight excluding hydrogens is 288 g/mol. The van der Waals surface area contributed by atoms with E-state index >= 15 is 0 Å². The Hall–Kier alpha value is -0.520. The average Bonchev–Trinajstić information content (AvgIpc) is 2.57. The molecule has 0 bridgehead atoms. The van der Waals surface area contributed by atoms with E-state index in [2.05, 4.69) is 53.7 Å². The van der Waals surface area contributed by atoms with Crippen molar-refractivity contribution in [3.8, 4) is 0 Å². The molecule has 140 valence electrons. The van der Waals surface area contributed by atoms with E-state index in [1.807, 2.05) is 0 Å². The van der Waals surface area contributed by atoms with E-state index in [9.17, 15) is 0 Å². The lowest BCUT2D eigenvalue weighted by Crippen LogP contribution is -2.08. The fraction of sp³-hybridized carbons (Fsp3) is 0.833. The molecule has 3 rings (SSSR count). The standard InChI is InChI=1S/C8H16.2C8H14/c3*1-7-3-5-8(2)6-4-7/h7-8H,3-6H2,1-2H3;2*3,8H,4-6H2,1-2H3. The number of hydrogen-bond donors (Lipinski definition) is 0. The molecule has 0 aromatic heterocycles. The van der Waals surface area contributed by atoms with Crippen molar-refractivity contribution < 1.29 is 0 Å². The van der Waals surface area contributed by atoms with Crippen molar-refractivity contribution in [1.82, 2.24) is 0 Å². The van der Waals surface area contributed by atoms with Gasteiger partial charge >= 0.3 is 0 Å². The van der Waals surface area contributed by atoms with Gasteiger partial charge in [-0.05, 0) is 76.0 Å². The largest absolute Gasteiger partial charge is 0.0853 e. The Morgan fingerprint density at radius 2 is 0.875 bits per heavy atom. The Morgan fingerprint density at radius 1 is 0.542 bits per heavy atom. The molecule has 0 aromatic rings. The van der Waals surface area contributed by atoms with Gasteiger partial charge in [0, 0.05) is 0 Å².